The minimum absolute atomic E-state index is 0.0999. The van der Waals surface area contributed by atoms with Crippen LogP contribution in [0.1, 0.15) is 13.3 Å². The summed E-state index contributed by atoms with van der Waals surface area (Å²) in [4.78, 5) is 13.3. The van der Waals surface area contributed by atoms with Crippen LogP contribution in [0.4, 0.5) is 0 Å². The average molecular weight is 205 g/mol. The maximum Gasteiger partial charge on any atom is 0.251 e. The summed E-state index contributed by atoms with van der Waals surface area (Å²) in [7, 11) is 1.94. The molecule has 0 radical (unpaired) electrons. The molecule has 0 fully saturated rings. The predicted octanol–water partition coefficient (Wildman–Crippen LogP) is 0.0497. The highest BCUT2D eigenvalue weighted by Crippen LogP contribution is 2.03. The Balaban J connectivity index is 3.98. The van der Waals surface area contributed by atoms with Gasteiger partial charge in [-0.1, -0.05) is 6.92 Å². The lowest BCUT2D eigenvalue weighted by atomic mass is 10.2. The zero-order valence-electron chi connectivity index (χ0n) is 8.54. The van der Waals surface area contributed by atoms with E-state index in [1.165, 1.54) is 0 Å². The van der Waals surface area contributed by atoms with E-state index in [2.05, 4.69) is 11.7 Å². The second kappa shape index (κ2) is 7.17. The molecule has 78 valence electrons. The molecule has 0 aliphatic heterocycles. The number of likely N-dealkylation sites (N-methyl/N-ethyl adjacent to an activating group) is 1. The molecule has 0 spiro atoms. The Morgan fingerprint density at radius 2 is 2.31 bits per heavy atom. The molecule has 0 heterocycles. The number of thioether (sulfide) groups is 1. The fourth-order valence-electron chi connectivity index (χ4n) is 1.18. The van der Waals surface area contributed by atoms with Gasteiger partial charge in [-0.15, -0.1) is 0 Å². The van der Waals surface area contributed by atoms with Crippen molar-refractivity contribution in [2.75, 3.05) is 25.6 Å². The van der Waals surface area contributed by atoms with Gasteiger partial charge in [0.2, 0.25) is 0 Å². The molecular weight excluding hydrogens is 186 g/mol. The van der Waals surface area contributed by atoms with Crippen LogP contribution < -0.4 is 11.3 Å². The molecule has 0 aliphatic rings. The maximum absolute atomic E-state index is 11.3. The maximum atomic E-state index is 11.3. The minimum Gasteiger partial charge on any atom is -0.294 e. The van der Waals surface area contributed by atoms with Crippen molar-refractivity contribution in [2.24, 2.45) is 5.84 Å². The molecule has 3 N–H and O–H groups in total. The summed E-state index contributed by atoms with van der Waals surface area (Å²) >= 11 is 1.77. The van der Waals surface area contributed by atoms with E-state index in [0.29, 0.717) is 0 Å². The van der Waals surface area contributed by atoms with Crippen LogP contribution in [0.2, 0.25) is 0 Å². The summed E-state index contributed by atoms with van der Waals surface area (Å²) in [5.74, 6) is 6.01. The molecular formula is C8H19N3OS. The minimum atomic E-state index is -0.105. The van der Waals surface area contributed by atoms with Crippen LogP contribution in [0, 0.1) is 0 Å². The Morgan fingerprint density at radius 1 is 1.69 bits per heavy atom. The molecule has 0 saturated carbocycles. The Hall–Kier alpha value is -0.260. The standard InChI is InChI=1S/C8H19N3OS/c1-4-7(8(12)10-9)11(2)5-6-13-3/h7H,4-6,9H2,1-3H3,(H,10,12). The smallest absolute Gasteiger partial charge is 0.251 e. The van der Waals surface area contributed by atoms with Gasteiger partial charge in [0.25, 0.3) is 5.91 Å². The average Bonchev–Trinajstić information content (AvgIpc) is 2.15. The largest absolute Gasteiger partial charge is 0.294 e. The lowest BCUT2D eigenvalue weighted by Crippen LogP contribution is -2.47. The van der Waals surface area contributed by atoms with Gasteiger partial charge in [0, 0.05) is 12.3 Å². The molecule has 1 atom stereocenters. The van der Waals surface area contributed by atoms with Crippen molar-refractivity contribution in [1.29, 1.82) is 0 Å². The molecule has 1 unspecified atom stereocenters. The third kappa shape index (κ3) is 4.50. The summed E-state index contributed by atoms with van der Waals surface area (Å²) in [6, 6.07) is -0.0999. The number of carbonyl (C=O) groups is 1. The molecule has 0 aliphatic carbocycles. The number of nitrogens with one attached hydrogen (secondary N) is 1. The van der Waals surface area contributed by atoms with Gasteiger partial charge in [-0.05, 0) is 19.7 Å². The lowest BCUT2D eigenvalue weighted by molar-refractivity contribution is -0.126. The van der Waals surface area contributed by atoms with E-state index in [1.807, 2.05) is 18.9 Å². The van der Waals surface area contributed by atoms with Crippen LogP contribution in [-0.4, -0.2) is 42.4 Å². The first-order valence-corrected chi connectivity index (χ1v) is 5.76. The van der Waals surface area contributed by atoms with Gasteiger partial charge in [-0.25, -0.2) is 5.84 Å². The SMILES string of the molecule is CCC(C(=O)NN)N(C)CCSC. The van der Waals surface area contributed by atoms with Crippen molar-refractivity contribution in [2.45, 2.75) is 19.4 Å². The van der Waals surface area contributed by atoms with Crippen molar-refractivity contribution in [1.82, 2.24) is 10.3 Å². The Kier molecular flexibility index (Phi) is 7.03. The van der Waals surface area contributed by atoms with Crippen LogP contribution in [0.25, 0.3) is 0 Å². The van der Waals surface area contributed by atoms with E-state index < -0.39 is 0 Å². The molecule has 5 heteroatoms. The van der Waals surface area contributed by atoms with E-state index >= 15 is 0 Å². The second-order valence-corrected chi connectivity index (χ2v) is 3.89. The molecule has 13 heavy (non-hydrogen) atoms. The summed E-state index contributed by atoms with van der Waals surface area (Å²) in [5.41, 5.74) is 2.19. The van der Waals surface area contributed by atoms with Crippen LogP contribution in [0.15, 0.2) is 0 Å². The number of hydrogen-bond acceptors (Lipinski definition) is 4. The second-order valence-electron chi connectivity index (χ2n) is 2.91. The van der Waals surface area contributed by atoms with Crippen molar-refractivity contribution in [3.63, 3.8) is 0 Å². The zero-order chi connectivity index (χ0) is 10.3. The third-order valence-electron chi connectivity index (χ3n) is 2.01. The first kappa shape index (κ1) is 12.7. The molecule has 0 rings (SSSR count). The van der Waals surface area contributed by atoms with E-state index in [-0.39, 0.29) is 11.9 Å². The van der Waals surface area contributed by atoms with E-state index in [1.54, 1.807) is 11.8 Å². The molecule has 0 aromatic rings. The van der Waals surface area contributed by atoms with E-state index in [9.17, 15) is 4.79 Å². The van der Waals surface area contributed by atoms with Gasteiger partial charge in [0.05, 0.1) is 6.04 Å². The molecule has 1 amide bonds. The molecule has 0 aromatic carbocycles. The first-order valence-electron chi connectivity index (χ1n) is 4.37. The fraction of sp³-hybridized carbons (Fsp3) is 0.875. The number of hydrazine groups is 1. The first-order chi connectivity index (χ1) is 6.17. The fourth-order valence-corrected chi connectivity index (χ4v) is 1.66. The highest BCUT2D eigenvalue weighted by Gasteiger charge is 2.19. The molecule has 0 saturated heterocycles. The van der Waals surface area contributed by atoms with Crippen LogP contribution in [0.3, 0.4) is 0 Å². The van der Waals surface area contributed by atoms with Crippen molar-refractivity contribution < 1.29 is 4.79 Å². The molecule has 0 bridgehead atoms. The van der Waals surface area contributed by atoms with E-state index in [4.69, 9.17) is 5.84 Å². The number of amides is 1. The van der Waals surface area contributed by atoms with E-state index in [0.717, 1.165) is 18.7 Å². The van der Waals surface area contributed by atoms with Crippen molar-refractivity contribution in [3.8, 4) is 0 Å². The lowest BCUT2D eigenvalue weighted by Gasteiger charge is -2.24. The third-order valence-corrected chi connectivity index (χ3v) is 2.60. The van der Waals surface area contributed by atoms with Crippen molar-refractivity contribution in [3.05, 3.63) is 0 Å². The number of hydrogen-bond donors (Lipinski definition) is 2. The summed E-state index contributed by atoms with van der Waals surface area (Å²) in [5, 5.41) is 0. The van der Waals surface area contributed by atoms with Crippen LogP contribution in [0.5, 0.6) is 0 Å². The van der Waals surface area contributed by atoms with Crippen molar-refractivity contribution >= 4 is 17.7 Å². The zero-order valence-corrected chi connectivity index (χ0v) is 9.36. The monoisotopic (exact) mass is 205 g/mol. The Bertz CT molecular complexity index is 154. The highest BCUT2D eigenvalue weighted by molar-refractivity contribution is 7.98. The van der Waals surface area contributed by atoms with Crippen LogP contribution in [-0.2, 0) is 4.79 Å². The highest BCUT2D eigenvalue weighted by atomic mass is 32.2. The Morgan fingerprint density at radius 3 is 2.69 bits per heavy atom. The quantitative estimate of drug-likeness (QED) is 0.365. The van der Waals surface area contributed by atoms with Crippen LogP contribution >= 0.6 is 11.8 Å². The topological polar surface area (TPSA) is 58.4 Å². The summed E-state index contributed by atoms with van der Waals surface area (Å²) in [6.07, 6.45) is 2.84. The summed E-state index contributed by atoms with van der Waals surface area (Å²) < 4.78 is 0. The predicted molar refractivity (Wildman–Crippen MR) is 57.4 cm³/mol. The van der Waals surface area contributed by atoms with Gasteiger partial charge in [0.1, 0.15) is 0 Å². The van der Waals surface area contributed by atoms with Gasteiger partial charge < -0.3 is 0 Å². The van der Waals surface area contributed by atoms with Gasteiger partial charge in [-0.2, -0.15) is 11.8 Å². The molecule has 4 nitrogen and oxygen atoms in total. The number of nitrogens with two attached hydrogens (primary N) is 1. The van der Waals surface area contributed by atoms with Gasteiger partial charge in [0.15, 0.2) is 0 Å². The Labute approximate surface area is 84.2 Å². The van der Waals surface area contributed by atoms with Gasteiger partial charge in [-0.3, -0.25) is 15.1 Å². The normalized spacial score (nSPS) is 13.0. The number of rotatable bonds is 6. The number of nitrogens with zero attached hydrogens (tertiary/aromatic N) is 1. The molecule has 0 aromatic heterocycles. The number of carbonyl (C=O) groups excluding carboxylic acids is 1. The van der Waals surface area contributed by atoms with Gasteiger partial charge >= 0.3 is 0 Å². The summed E-state index contributed by atoms with van der Waals surface area (Å²) in [6.45, 7) is 2.89.